The summed E-state index contributed by atoms with van der Waals surface area (Å²) in [7, 11) is 0. The van der Waals surface area contributed by atoms with Crippen molar-refractivity contribution in [3.8, 4) is 0 Å². The molecule has 3 heteroatoms. The molecule has 0 bridgehead atoms. The lowest BCUT2D eigenvalue weighted by Crippen LogP contribution is -1.95. The van der Waals surface area contributed by atoms with Crippen LogP contribution in [0.25, 0.3) is 16.8 Å². The molecule has 102 valence electrons. The molecule has 3 rings (SSSR count). The van der Waals surface area contributed by atoms with Gasteiger partial charge in [0, 0.05) is 29.0 Å². The monoisotopic (exact) mass is 274 g/mol. The summed E-state index contributed by atoms with van der Waals surface area (Å²) in [5.74, 6) is -0.0366. The average molecular weight is 274 g/mol. The first-order valence-electron chi connectivity index (χ1n) is 6.65. The molecule has 1 heterocycles. The summed E-state index contributed by atoms with van der Waals surface area (Å²) in [4.78, 5) is 16.5. The van der Waals surface area contributed by atoms with E-state index in [2.05, 4.69) is 4.98 Å². The highest BCUT2D eigenvalue weighted by molar-refractivity contribution is 6.14. The van der Waals surface area contributed by atoms with E-state index in [9.17, 15) is 4.79 Å². The van der Waals surface area contributed by atoms with Gasteiger partial charge in [0.15, 0.2) is 5.78 Å². The zero-order valence-corrected chi connectivity index (χ0v) is 11.4. The van der Waals surface area contributed by atoms with E-state index in [1.165, 1.54) is 0 Å². The molecule has 21 heavy (non-hydrogen) atoms. The SMILES string of the molecule is Nc1ccc(/C=C/C(=O)c2cccc3ccncc23)cc1. The first-order chi connectivity index (χ1) is 10.2. The van der Waals surface area contributed by atoms with E-state index in [0.717, 1.165) is 16.3 Å². The lowest BCUT2D eigenvalue weighted by atomic mass is 10.0. The predicted octanol–water partition coefficient (Wildman–Crippen LogP) is 3.71. The number of anilines is 1. The highest BCUT2D eigenvalue weighted by Crippen LogP contribution is 2.18. The van der Waals surface area contributed by atoms with Crippen molar-refractivity contribution in [1.29, 1.82) is 0 Å². The van der Waals surface area contributed by atoms with Crippen LogP contribution in [0.2, 0.25) is 0 Å². The molecule has 0 saturated carbocycles. The molecule has 0 unspecified atom stereocenters. The van der Waals surface area contributed by atoms with Gasteiger partial charge in [-0.15, -0.1) is 0 Å². The molecule has 0 radical (unpaired) electrons. The van der Waals surface area contributed by atoms with Gasteiger partial charge >= 0.3 is 0 Å². The second-order valence-electron chi connectivity index (χ2n) is 4.77. The maximum Gasteiger partial charge on any atom is 0.186 e. The second-order valence-corrected chi connectivity index (χ2v) is 4.77. The number of carbonyl (C=O) groups excluding carboxylic acids is 1. The minimum Gasteiger partial charge on any atom is -0.399 e. The quantitative estimate of drug-likeness (QED) is 0.450. The van der Waals surface area contributed by atoms with Crippen molar-refractivity contribution in [2.45, 2.75) is 0 Å². The molecule has 0 saturated heterocycles. The van der Waals surface area contributed by atoms with Crippen LogP contribution in [0.4, 0.5) is 5.69 Å². The van der Waals surface area contributed by atoms with Gasteiger partial charge in [0.25, 0.3) is 0 Å². The Labute approximate surface area is 122 Å². The molecule has 2 aromatic carbocycles. The first-order valence-corrected chi connectivity index (χ1v) is 6.65. The number of rotatable bonds is 3. The molecule has 0 aliphatic carbocycles. The summed E-state index contributed by atoms with van der Waals surface area (Å²) in [6, 6.07) is 14.9. The number of nitrogen functional groups attached to an aromatic ring is 1. The van der Waals surface area contributed by atoms with Crippen molar-refractivity contribution in [1.82, 2.24) is 4.98 Å². The molecule has 0 spiro atoms. The number of hydrogen-bond acceptors (Lipinski definition) is 3. The van der Waals surface area contributed by atoms with Gasteiger partial charge in [0.1, 0.15) is 0 Å². The maximum atomic E-state index is 12.4. The van der Waals surface area contributed by atoms with Gasteiger partial charge in [-0.3, -0.25) is 9.78 Å². The van der Waals surface area contributed by atoms with Gasteiger partial charge < -0.3 is 5.73 Å². The van der Waals surface area contributed by atoms with Gasteiger partial charge in [-0.2, -0.15) is 0 Å². The molecule has 0 amide bonds. The molecule has 1 aromatic heterocycles. The summed E-state index contributed by atoms with van der Waals surface area (Å²) in [6.45, 7) is 0. The van der Waals surface area contributed by atoms with Crippen LogP contribution in [-0.2, 0) is 0 Å². The average Bonchev–Trinajstić information content (AvgIpc) is 2.53. The van der Waals surface area contributed by atoms with Crippen LogP contribution in [0, 0.1) is 0 Å². The third kappa shape index (κ3) is 2.82. The lowest BCUT2D eigenvalue weighted by molar-refractivity contribution is 0.104. The Morgan fingerprint density at radius 3 is 2.67 bits per heavy atom. The number of ketones is 1. The number of nitrogens with zero attached hydrogens (tertiary/aromatic N) is 1. The smallest absolute Gasteiger partial charge is 0.186 e. The Kier molecular flexibility index (Phi) is 3.48. The molecule has 0 fully saturated rings. The Bertz CT molecular complexity index is 815. The Balaban J connectivity index is 1.92. The van der Waals surface area contributed by atoms with Crippen molar-refractivity contribution >= 4 is 28.3 Å². The van der Waals surface area contributed by atoms with E-state index in [0.29, 0.717) is 11.3 Å². The number of aromatic nitrogens is 1. The van der Waals surface area contributed by atoms with Gasteiger partial charge in [-0.05, 0) is 35.2 Å². The highest BCUT2D eigenvalue weighted by Gasteiger charge is 2.06. The van der Waals surface area contributed by atoms with Crippen LogP contribution in [0.5, 0.6) is 0 Å². The number of hydrogen-bond donors (Lipinski definition) is 1. The maximum absolute atomic E-state index is 12.4. The Morgan fingerprint density at radius 1 is 1.05 bits per heavy atom. The standard InChI is InChI=1S/C18H14N2O/c19-15-7-4-13(5-8-15)6-9-18(21)16-3-1-2-14-10-11-20-12-17(14)16/h1-12H,19H2/b9-6+. The largest absolute Gasteiger partial charge is 0.399 e. The zero-order valence-electron chi connectivity index (χ0n) is 11.4. The number of fused-ring (bicyclic) bond motifs is 1. The minimum absolute atomic E-state index is 0.0366. The van der Waals surface area contributed by atoms with E-state index in [-0.39, 0.29) is 5.78 Å². The topological polar surface area (TPSA) is 56.0 Å². The van der Waals surface area contributed by atoms with Crippen molar-refractivity contribution < 1.29 is 4.79 Å². The van der Waals surface area contributed by atoms with Crippen molar-refractivity contribution in [3.05, 3.63) is 78.1 Å². The fraction of sp³-hybridized carbons (Fsp3) is 0. The zero-order chi connectivity index (χ0) is 14.7. The summed E-state index contributed by atoms with van der Waals surface area (Å²) in [5, 5.41) is 1.88. The Morgan fingerprint density at radius 2 is 1.86 bits per heavy atom. The summed E-state index contributed by atoms with van der Waals surface area (Å²) in [5.41, 5.74) is 7.95. The van der Waals surface area contributed by atoms with E-state index >= 15 is 0 Å². The molecular formula is C18H14N2O. The van der Waals surface area contributed by atoms with Gasteiger partial charge in [0.2, 0.25) is 0 Å². The van der Waals surface area contributed by atoms with Crippen molar-refractivity contribution in [2.75, 3.05) is 5.73 Å². The summed E-state index contributed by atoms with van der Waals surface area (Å²) < 4.78 is 0. The van der Waals surface area contributed by atoms with Crippen LogP contribution < -0.4 is 5.73 Å². The van der Waals surface area contributed by atoms with E-state index in [4.69, 9.17) is 5.73 Å². The fourth-order valence-corrected chi connectivity index (χ4v) is 2.20. The fourth-order valence-electron chi connectivity index (χ4n) is 2.20. The highest BCUT2D eigenvalue weighted by atomic mass is 16.1. The first kappa shape index (κ1) is 13.1. The van der Waals surface area contributed by atoms with Crippen LogP contribution in [-0.4, -0.2) is 10.8 Å². The molecule has 3 nitrogen and oxygen atoms in total. The number of carbonyl (C=O) groups is 1. The van der Waals surface area contributed by atoms with E-state index < -0.39 is 0 Å². The van der Waals surface area contributed by atoms with Crippen LogP contribution in [0.1, 0.15) is 15.9 Å². The van der Waals surface area contributed by atoms with Crippen LogP contribution in [0.3, 0.4) is 0 Å². The molecule has 0 aliphatic rings. The Hall–Kier alpha value is -2.94. The molecule has 0 aliphatic heterocycles. The predicted molar refractivity (Wildman–Crippen MR) is 86.0 cm³/mol. The third-order valence-electron chi connectivity index (χ3n) is 3.31. The molecule has 2 N–H and O–H groups in total. The second kappa shape index (κ2) is 5.59. The number of pyridine rings is 1. The summed E-state index contributed by atoms with van der Waals surface area (Å²) in [6.07, 6.45) is 6.81. The minimum atomic E-state index is -0.0366. The third-order valence-corrected chi connectivity index (χ3v) is 3.31. The lowest BCUT2D eigenvalue weighted by Gasteiger charge is -2.02. The van der Waals surface area contributed by atoms with Gasteiger partial charge in [-0.1, -0.05) is 36.4 Å². The summed E-state index contributed by atoms with van der Waals surface area (Å²) >= 11 is 0. The van der Waals surface area contributed by atoms with Crippen LogP contribution >= 0.6 is 0 Å². The van der Waals surface area contributed by atoms with E-state index in [1.807, 2.05) is 48.5 Å². The van der Waals surface area contributed by atoms with E-state index in [1.54, 1.807) is 24.5 Å². The molecule has 3 aromatic rings. The van der Waals surface area contributed by atoms with Crippen molar-refractivity contribution in [3.63, 3.8) is 0 Å². The normalized spacial score (nSPS) is 11.0. The number of nitrogens with two attached hydrogens (primary N) is 1. The number of benzene rings is 2. The van der Waals surface area contributed by atoms with Gasteiger partial charge in [0.05, 0.1) is 0 Å². The van der Waals surface area contributed by atoms with Gasteiger partial charge in [-0.25, -0.2) is 0 Å². The number of allylic oxidation sites excluding steroid dienone is 1. The van der Waals surface area contributed by atoms with Crippen molar-refractivity contribution in [2.24, 2.45) is 0 Å². The molecular weight excluding hydrogens is 260 g/mol. The molecule has 0 atom stereocenters. The van der Waals surface area contributed by atoms with Crippen LogP contribution in [0.15, 0.2) is 67.0 Å².